The number of anilines is 1. The van der Waals surface area contributed by atoms with Gasteiger partial charge in [-0.3, -0.25) is 4.79 Å². The lowest BCUT2D eigenvalue weighted by atomic mass is 10.2. The van der Waals surface area contributed by atoms with Gasteiger partial charge in [0.05, 0.1) is 15.2 Å². The molecule has 0 aliphatic heterocycles. The van der Waals surface area contributed by atoms with E-state index in [0.29, 0.717) is 15.2 Å². The topological polar surface area (TPSA) is 78.4 Å². The van der Waals surface area contributed by atoms with E-state index in [2.05, 4.69) is 26.6 Å². The lowest BCUT2D eigenvalue weighted by Gasteiger charge is -2.16. The van der Waals surface area contributed by atoms with Gasteiger partial charge in [0.25, 0.3) is 0 Å². The maximum absolute atomic E-state index is 10.9. The summed E-state index contributed by atoms with van der Waals surface area (Å²) in [7, 11) is 0. The molecule has 1 unspecified atom stereocenters. The molecule has 0 spiro atoms. The van der Waals surface area contributed by atoms with Crippen LogP contribution in [-0.2, 0) is 9.59 Å². The summed E-state index contributed by atoms with van der Waals surface area (Å²) in [5, 5.41) is 14.7. The minimum atomic E-state index is -1.10. The number of aliphatic carboxylic acids is 1. The number of carbonyl (C=O) groups excluding carboxylic acids is 1. The monoisotopic (exact) mass is 334 g/mol. The molecule has 1 amide bonds. The molecule has 0 aromatic heterocycles. The molecule has 0 radical (unpaired) electrons. The molecule has 0 bridgehead atoms. The molecule has 98 valence electrons. The van der Waals surface area contributed by atoms with Gasteiger partial charge in [-0.1, -0.05) is 17.7 Å². The summed E-state index contributed by atoms with van der Waals surface area (Å²) in [6.45, 7) is 1.33. The Bertz CT molecular complexity index is 468. The van der Waals surface area contributed by atoms with Gasteiger partial charge in [-0.25, -0.2) is 4.79 Å². The molecule has 1 atom stereocenters. The van der Waals surface area contributed by atoms with Gasteiger partial charge in [0.15, 0.2) is 0 Å². The standard InChI is InChI=1S/C11H12BrClN2O3/c1-6(16)15-9(11(17)18)5-14-8-4-2-3-7(13)10(8)12/h2-4,9,14H,5H2,1H3,(H,15,16)(H,17,18). The Labute approximate surface area is 118 Å². The van der Waals surface area contributed by atoms with Crippen molar-refractivity contribution in [1.82, 2.24) is 5.32 Å². The highest BCUT2D eigenvalue weighted by Crippen LogP contribution is 2.29. The van der Waals surface area contributed by atoms with Crippen molar-refractivity contribution in [1.29, 1.82) is 0 Å². The summed E-state index contributed by atoms with van der Waals surface area (Å²) >= 11 is 9.19. The zero-order valence-electron chi connectivity index (χ0n) is 9.54. The summed E-state index contributed by atoms with van der Waals surface area (Å²) in [6.07, 6.45) is 0. The van der Waals surface area contributed by atoms with Gasteiger partial charge in [-0.2, -0.15) is 0 Å². The van der Waals surface area contributed by atoms with Crippen molar-refractivity contribution >= 4 is 45.1 Å². The smallest absolute Gasteiger partial charge is 0.328 e. The van der Waals surface area contributed by atoms with Gasteiger partial charge in [-0.05, 0) is 28.1 Å². The fourth-order valence-corrected chi connectivity index (χ4v) is 1.88. The highest BCUT2D eigenvalue weighted by atomic mass is 79.9. The van der Waals surface area contributed by atoms with Crippen molar-refractivity contribution in [2.45, 2.75) is 13.0 Å². The largest absolute Gasteiger partial charge is 0.480 e. The second kappa shape index (κ2) is 6.61. The van der Waals surface area contributed by atoms with Crippen molar-refractivity contribution < 1.29 is 14.7 Å². The molecule has 7 heteroatoms. The van der Waals surface area contributed by atoms with E-state index in [-0.39, 0.29) is 6.54 Å². The molecule has 0 saturated heterocycles. The van der Waals surface area contributed by atoms with Gasteiger partial charge < -0.3 is 15.7 Å². The van der Waals surface area contributed by atoms with E-state index in [1.165, 1.54) is 6.92 Å². The molecule has 0 aliphatic carbocycles. The SMILES string of the molecule is CC(=O)NC(CNc1cccc(Cl)c1Br)C(=O)O. The first-order valence-electron chi connectivity index (χ1n) is 5.09. The molecule has 0 fully saturated rings. The van der Waals surface area contributed by atoms with E-state index in [4.69, 9.17) is 16.7 Å². The number of benzene rings is 1. The van der Waals surface area contributed by atoms with Crippen molar-refractivity contribution in [3.8, 4) is 0 Å². The fraction of sp³-hybridized carbons (Fsp3) is 0.273. The molecule has 0 saturated carbocycles. The molecule has 3 N–H and O–H groups in total. The maximum atomic E-state index is 10.9. The number of hydrogen-bond donors (Lipinski definition) is 3. The maximum Gasteiger partial charge on any atom is 0.328 e. The van der Waals surface area contributed by atoms with Crippen LogP contribution in [0, 0.1) is 0 Å². The molecule has 18 heavy (non-hydrogen) atoms. The van der Waals surface area contributed by atoms with E-state index in [0.717, 1.165) is 0 Å². The lowest BCUT2D eigenvalue weighted by Crippen LogP contribution is -2.44. The quantitative estimate of drug-likeness (QED) is 0.770. The highest BCUT2D eigenvalue weighted by molar-refractivity contribution is 9.10. The number of carbonyl (C=O) groups is 2. The lowest BCUT2D eigenvalue weighted by molar-refractivity contribution is -0.141. The number of halogens is 2. The summed E-state index contributed by atoms with van der Waals surface area (Å²) in [4.78, 5) is 21.8. The van der Waals surface area contributed by atoms with Crippen LogP contribution >= 0.6 is 27.5 Å². The summed E-state index contributed by atoms with van der Waals surface area (Å²) in [6, 6.07) is 4.21. The van der Waals surface area contributed by atoms with Crippen molar-refractivity contribution in [2.24, 2.45) is 0 Å². The van der Waals surface area contributed by atoms with Crippen LogP contribution in [0.5, 0.6) is 0 Å². The summed E-state index contributed by atoms with van der Waals surface area (Å²) in [5.74, 6) is -1.50. The van der Waals surface area contributed by atoms with Crippen LogP contribution in [-0.4, -0.2) is 29.6 Å². The number of hydrogen-bond acceptors (Lipinski definition) is 3. The zero-order valence-corrected chi connectivity index (χ0v) is 11.9. The Morgan fingerprint density at radius 3 is 2.72 bits per heavy atom. The predicted octanol–water partition coefficient (Wildman–Crippen LogP) is 2.10. The van der Waals surface area contributed by atoms with Gasteiger partial charge in [0.1, 0.15) is 6.04 Å². The van der Waals surface area contributed by atoms with Crippen LogP contribution in [0.25, 0.3) is 0 Å². The molecule has 0 heterocycles. The van der Waals surface area contributed by atoms with Gasteiger partial charge in [0, 0.05) is 13.5 Å². The van der Waals surface area contributed by atoms with Crippen LogP contribution < -0.4 is 10.6 Å². The minimum Gasteiger partial charge on any atom is -0.480 e. The third kappa shape index (κ3) is 4.19. The van der Waals surface area contributed by atoms with Crippen LogP contribution in [0.2, 0.25) is 5.02 Å². The number of rotatable bonds is 5. The average Bonchev–Trinajstić information content (AvgIpc) is 2.28. The Morgan fingerprint density at radius 1 is 1.50 bits per heavy atom. The van der Waals surface area contributed by atoms with Crippen LogP contribution in [0.15, 0.2) is 22.7 Å². The van der Waals surface area contributed by atoms with Crippen LogP contribution in [0.4, 0.5) is 5.69 Å². The Balaban J connectivity index is 2.70. The number of amides is 1. The van der Waals surface area contributed by atoms with E-state index >= 15 is 0 Å². The average molecular weight is 336 g/mol. The first-order valence-corrected chi connectivity index (χ1v) is 6.26. The Morgan fingerprint density at radius 2 is 2.17 bits per heavy atom. The van der Waals surface area contributed by atoms with Crippen LogP contribution in [0.3, 0.4) is 0 Å². The van der Waals surface area contributed by atoms with E-state index in [9.17, 15) is 9.59 Å². The van der Waals surface area contributed by atoms with Gasteiger partial charge in [0.2, 0.25) is 5.91 Å². The van der Waals surface area contributed by atoms with Gasteiger partial charge >= 0.3 is 5.97 Å². The molecule has 0 aliphatic rings. The first-order chi connectivity index (χ1) is 8.41. The molecule has 1 aromatic carbocycles. The Kier molecular flexibility index (Phi) is 5.43. The molecular formula is C11H12BrClN2O3. The zero-order chi connectivity index (χ0) is 13.7. The minimum absolute atomic E-state index is 0.0633. The second-order valence-corrected chi connectivity index (χ2v) is 4.77. The van der Waals surface area contributed by atoms with Crippen molar-refractivity contribution in [3.63, 3.8) is 0 Å². The summed E-state index contributed by atoms with van der Waals surface area (Å²) < 4.78 is 0.652. The van der Waals surface area contributed by atoms with E-state index in [1.54, 1.807) is 18.2 Å². The van der Waals surface area contributed by atoms with E-state index < -0.39 is 17.9 Å². The second-order valence-electron chi connectivity index (χ2n) is 3.57. The number of carboxylic acids is 1. The van der Waals surface area contributed by atoms with Crippen molar-refractivity contribution in [2.75, 3.05) is 11.9 Å². The third-order valence-electron chi connectivity index (χ3n) is 2.12. The first kappa shape index (κ1) is 14.8. The fourth-order valence-electron chi connectivity index (χ4n) is 1.30. The summed E-state index contributed by atoms with van der Waals surface area (Å²) in [5.41, 5.74) is 0.666. The van der Waals surface area contributed by atoms with Gasteiger partial charge in [-0.15, -0.1) is 0 Å². The predicted molar refractivity (Wildman–Crippen MR) is 72.9 cm³/mol. The molecular weight excluding hydrogens is 323 g/mol. The highest BCUT2D eigenvalue weighted by Gasteiger charge is 2.18. The van der Waals surface area contributed by atoms with Crippen LogP contribution in [0.1, 0.15) is 6.92 Å². The molecule has 1 aromatic rings. The third-order valence-corrected chi connectivity index (χ3v) is 3.52. The number of carboxylic acid groups (broad SMARTS) is 1. The number of nitrogens with one attached hydrogen (secondary N) is 2. The molecule has 1 rings (SSSR count). The normalized spacial score (nSPS) is 11.7. The molecule has 5 nitrogen and oxygen atoms in total. The Hall–Kier alpha value is -1.27. The van der Waals surface area contributed by atoms with Crippen molar-refractivity contribution in [3.05, 3.63) is 27.7 Å². The van der Waals surface area contributed by atoms with E-state index in [1.807, 2.05) is 0 Å².